The average molecular weight is 496 g/mol. The van der Waals surface area contributed by atoms with Crippen molar-refractivity contribution < 1.29 is 0 Å². The lowest BCUT2D eigenvalue weighted by Gasteiger charge is -2.30. The van der Waals surface area contributed by atoms with Gasteiger partial charge in [-0.1, -0.05) is 95.6 Å². The molecule has 0 aliphatic rings. The van der Waals surface area contributed by atoms with Crippen molar-refractivity contribution in [3.8, 4) is 11.1 Å². The van der Waals surface area contributed by atoms with Gasteiger partial charge in [-0.25, -0.2) is 0 Å². The van der Waals surface area contributed by atoms with Gasteiger partial charge in [0, 0.05) is 22.1 Å². The summed E-state index contributed by atoms with van der Waals surface area (Å²) in [6, 6.07) is 30.6. The Hall–Kier alpha value is -3.03. The first kappa shape index (κ1) is 26.0. The number of nitrogens with zero attached hydrogens (tertiary/aromatic N) is 1. The summed E-state index contributed by atoms with van der Waals surface area (Å²) >= 11 is 6.80. The molecule has 36 heavy (non-hydrogen) atoms. The summed E-state index contributed by atoms with van der Waals surface area (Å²) in [6.07, 6.45) is 0. The molecule has 4 aromatic carbocycles. The van der Waals surface area contributed by atoms with E-state index in [1.807, 2.05) is 0 Å². The lowest BCUT2D eigenvalue weighted by Crippen LogP contribution is -2.16. The highest BCUT2D eigenvalue weighted by atomic mass is 35.5. The number of halogens is 1. The zero-order valence-electron chi connectivity index (χ0n) is 22.9. The third kappa shape index (κ3) is 5.52. The van der Waals surface area contributed by atoms with Crippen molar-refractivity contribution in [2.45, 2.75) is 66.2 Å². The lowest BCUT2D eigenvalue weighted by atomic mass is 9.86. The standard InChI is InChI=1S/C34H38ClN/c1-23-12-9-13-24(2)32(23)25-18-28(35)22-31(19-25)36(29-16-10-14-26(20-29)33(3,4)5)30-17-11-15-27(21-30)34(6,7)8/h9-22H,1-8H3. The van der Waals surface area contributed by atoms with Crippen LogP contribution >= 0.6 is 11.6 Å². The second-order valence-corrected chi connectivity index (χ2v) is 12.3. The molecule has 0 radical (unpaired) electrons. The Labute approximate surface area is 222 Å². The van der Waals surface area contributed by atoms with E-state index in [9.17, 15) is 0 Å². The SMILES string of the molecule is Cc1cccc(C)c1-c1cc(Cl)cc(N(c2cccc(C(C)(C)C)c2)c2cccc(C(C)(C)C)c2)c1. The molecule has 0 aromatic heterocycles. The van der Waals surface area contributed by atoms with Gasteiger partial charge in [0.15, 0.2) is 0 Å². The molecular formula is C34H38ClN. The zero-order valence-corrected chi connectivity index (χ0v) is 23.7. The summed E-state index contributed by atoms with van der Waals surface area (Å²) in [5.41, 5.74) is 10.9. The molecule has 0 unspecified atom stereocenters. The molecule has 0 aliphatic carbocycles. The third-order valence-corrected chi connectivity index (χ3v) is 7.07. The number of hydrogen-bond donors (Lipinski definition) is 0. The van der Waals surface area contributed by atoms with E-state index in [1.165, 1.54) is 27.8 Å². The summed E-state index contributed by atoms with van der Waals surface area (Å²) in [6.45, 7) is 17.9. The van der Waals surface area contributed by atoms with Crippen LogP contribution in [0.25, 0.3) is 11.1 Å². The molecular weight excluding hydrogens is 458 g/mol. The summed E-state index contributed by atoms with van der Waals surface area (Å²) in [5, 5.41) is 0.731. The van der Waals surface area contributed by atoms with E-state index in [-0.39, 0.29) is 10.8 Å². The van der Waals surface area contributed by atoms with Crippen LogP contribution in [0.3, 0.4) is 0 Å². The Bertz CT molecular complexity index is 1310. The minimum absolute atomic E-state index is 0.0483. The minimum Gasteiger partial charge on any atom is -0.310 e. The van der Waals surface area contributed by atoms with Gasteiger partial charge in [-0.15, -0.1) is 0 Å². The van der Waals surface area contributed by atoms with Crippen LogP contribution in [0.1, 0.15) is 63.8 Å². The first-order chi connectivity index (χ1) is 16.8. The number of aryl methyl sites for hydroxylation is 2. The molecule has 0 amide bonds. The highest BCUT2D eigenvalue weighted by Gasteiger charge is 2.21. The topological polar surface area (TPSA) is 3.24 Å². The van der Waals surface area contributed by atoms with Crippen LogP contribution in [-0.2, 0) is 10.8 Å². The van der Waals surface area contributed by atoms with Gasteiger partial charge in [-0.2, -0.15) is 0 Å². The maximum atomic E-state index is 6.80. The Balaban J connectivity index is 1.98. The smallest absolute Gasteiger partial charge is 0.0482 e. The quantitative estimate of drug-likeness (QED) is 0.272. The van der Waals surface area contributed by atoms with Crippen LogP contribution < -0.4 is 4.90 Å². The van der Waals surface area contributed by atoms with E-state index in [0.29, 0.717) is 0 Å². The predicted molar refractivity (Wildman–Crippen MR) is 158 cm³/mol. The van der Waals surface area contributed by atoms with Gasteiger partial charge >= 0.3 is 0 Å². The molecule has 0 saturated carbocycles. The van der Waals surface area contributed by atoms with Crippen molar-refractivity contribution in [2.24, 2.45) is 0 Å². The molecule has 0 aliphatic heterocycles. The second-order valence-electron chi connectivity index (χ2n) is 11.9. The highest BCUT2D eigenvalue weighted by Crippen LogP contribution is 2.41. The van der Waals surface area contributed by atoms with Gasteiger partial charge in [-0.3, -0.25) is 0 Å². The van der Waals surface area contributed by atoms with Crippen molar-refractivity contribution in [3.05, 3.63) is 112 Å². The number of rotatable bonds is 4. The molecule has 2 heteroatoms. The summed E-state index contributed by atoms with van der Waals surface area (Å²) in [4.78, 5) is 2.34. The van der Waals surface area contributed by atoms with Gasteiger partial charge in [0.25, 0.3) is 0 Å². The fourth-order valence-electron chi connectivity index (χ4n) is 4.79. The monoisotopic (exact) mass is 495 g/mol. The fraction of sp³-hybridized carbons (Fsp3) is 0.294. The summed E-state index contributed by atoms with van der Waals surface area (Å²) < 4.78 is 0. The first-order valence-electron chi connectivity index (χ1n) is 12.7. The van der Waals surface area contributed by atoms with Crippen molar-refractivity contribution in [1.82, 2.24) is 0 Å². The maximum absolute atomic E-state index is 6.80. The molecule has 0 atom stereocenters. The third-order valence-electron chi connectivity index (χ3n) is 6.85. The predicted octanol–water partition coefficient (Wildman–Crippen LogP) is 10.7. The van der Waals surface area contributed by atoms with Crippen LogP contribution in [-0.4, -0.2) is 0 Å². The molecule has 0 heterocycles. The summed E-state index contributed by atoms with van der Waals surface area (Å²) in [5.74, 6) is 0. The molecule has 0 bridgehead atoms. The minimum atomic E-state index is 0.0483. The Kier molecular flexibility index (Phi) is 7.08. The summed E-state index contributed by atoms with van der Waals surface area (Å²) in [7, 11) is 0. The number of anilines is 3. The molecule has 186 valence electrons. The molecule has 0 spiro atoms. The second kappa shape index (κ2) is 9.79. The van der Waals surface area contributed by atoms with Crippen LogP contribution in [0.15, 0.2) is 84.9 Å². The van der Waals surface area contributed by atoms with Crippen molar-refractivity contribution in [2.75, 3.05) is 4.90 Å². The largest absolute Gasteiger partial charge is 0.310 e. The molecule has 4 rings (SSSR count). The van der Waals surface area contributed by atoms with Gasteiger partial charge in [0.1, 0.15) is 0 Å². The van der Waals surface area contributed by atoms with Gasteiger partial charge < -0.3 is 4.90 Å². The van der Waals surface area contributed by atoms with Gasteiger partial charge in [0.2, 0.25) is 0 Å². The Morgan fingerprint density at radius 2 is 1.03 bits per heavy atom. The van der Waals surface area contributed by atoms with Gasteiger partial charge in [-0.05, 0) is 101 Å². The molecule has 0 fully saturated rings. The van der Waals surface area contributed by atoms with E-state index in [1.54, 1.807) is 0 Å². The van der Waals surface area contributed by atoms with Gasteiger partial charge in [0.05, 0.1) is 0 Å². The van der Waals surface area contributed by atoms with Crippen LogP contribution in [0.4, 0.5) is 17.1 Å². The fourth-order valence-corrected chi connectivity index (χ4v) is 5.02. The van der Waals surface area contributed by atoms with Crippen molar-refractivity contribution in [3.63, 3.8) is 0 Å². The average Bonchev–Trinajstić information content (AvgIpc) is 2.78. The van der Waals surface area contributed by atoms with E-state index in [2.05, 4.69) is 145 Å². The van der Waals surface area contributed by atoms with E-state index in [0.717, 1.165) is 27.6 Å². The van der Waals surface area contributed by atoms with Crippen LogP contribution in [0.5, 0.6) is 0 Å². The Morgan fingerprint density at radius 3 is 1.50 bits per heavy atom. The molecule has 1 nitrogen and oxygen atoms in total. The number of benzene rings is 4. The molecule has 0 saturated heterocycles. The normalized spacial score (nSPS) is 12.0. The Morgan fingerprint density at radius 1 is 0.556 bits per heavy atom. The van der Waals surface area contributed by atoms with Crippen molar-refractivity contribution >= 4 is 28.7 Å². The van der Waals surface area contributed by atoms with E-state index >= 15 is 0 Å². The van der Waals surface area contributed by atoms with Crippen LogP contribution in [0.2, 0.25) is 5.02 Å². The number of hydrogen-bond acceptors (Lipinski definition) is 1. The van der Waals surface area contributed by atoms with E-state index in [4.69, 9.17) is 11.6 Å². The van der Waals surface area contributed by atoms with E-state index < -0.39 is 0 Å². The first-order valence-corrected chi connectivity index (χ1v) is 13.1. The molecule has 0 N–H and O–H groups in total. The molecule has 4 aromatic rings. The lowest BCUT2D eigenvalue weighted by molar-refractivity contribution is 0.590. The zero-order chi connectivity index (χ0) is 26.3. The maximum Gasteiger partial charge on any atom is 0.0482 e. The highest BCUT2D eigenvalue weighted by molar-refractivity contribution is 6.31. The van der Waals surface area contributed by atoms with Crippen LogP contribution in [0, 0.1) is 13.8 Å². The van der Waals surface area contributed by atoms with Crippen molar-refractivity contribution in [1.29, 1.82) is 0 Å².